The number of para-hydroxylation sites is 1. The molecule has 0 saturated carbocycles. The third kappa shape index (κ3) is 1.74. The van der Waals surface area contributed by atoms with Gasteiger partial charge in [0, 0.05) is 10.9 Å². The summed E-state index contributed by atoms with van der Waals surface area (Å²) in [6.07, 6.45) is 0. The van der Waals surface area contributed by atoms with Crippen molar-refractivity contribution in [2.75, 3.05) is 0 Å². The number of benzene rings is 2. The second-order valence-electron chi connectivity index (χ2n) is 4.60. The molecule has 6 nitrogen and oxygen atoms in total. The van der Waals surface area contributed by atoms with Crippen molar-refractivity contribution in [2.24, 2.45) is 0 Å². The fourth-order valence-corrected chi connectivity index (χ4v) is 3.16. The molecule has 0 amide bonds. The zero-order valence-corrected chi connectivity index (χ0v) is 11.4. The first-order chi connectivity index (χ1) is 10.1. The van der Waals surface area contributed by atoms with E-state index in [1.807, 2.05) is 0 Å². The van der Waals surface area contributed by atoms with E-state index in [9.17, 15) is 13.5 Å². The average Bonchev–Trinajstić information content (AvgIpc) is 2.67. The molecule has 0 aliphatic carbocycles. The lowest BCUT2D eigenvalue weighted by Gasteiger charge is -2.16. The van der Waals surface area contributed by atoms with Gasteiger partial charge in [-0.2, -0.15) is 4.73 Å². The van der Waals surface area contributed by atoms with Crippen LogP contribution in [0, 0.1) is 0 Å². The van der Waals surface area contributed by atoms with Gasteiger partial charge in [0.05, 0.1) is 5.52 Å². The molecular weight excluding hydrogens is 294 g/mol. The Balaban J connectivity index is 2.08. The van der Waals surface area contributed by atoms with Gasteiger partial charge >= 0.3 is 10.4 Å². The van der Waals surface area contributed by atoms with Crippen LogP contribution in [-0.4, -0.2) is 18.3 Å². The second kappa shape index (κ2) is 3.92. The number of rotatable bonds is 1. The molecule has 0 saturated heterocycles. The molecule has 0 atom stereocenters. The number of aromatic hydroxyl groups is 1. The van der Waals surface area contributed by atoms with E-state index in [1.165, 1.54) is 16.9 Å². The molecule has 0 fully saturated rings. The minimum atomic E-state index is -4.12. The highest BCUT2D eigenvalue weighted by molar-refractivity contribution is 7.82. The van der Waals surface area contributed by atoms with Crippen LogP contribution in [0.2, 0.25) is 0 Å². The maximum absolute atomic E-state index is 11.7. The summed E-state index contributed by atoms with van der Waals surface area (Å²) in [4.78, 5) is 0. The monoisotopic (exact) mass is 303 g/mol. The lowest BCUT2D eigenvalue weighted by molar-refractivity contribution is 0.244. The van der Waals surface area contributed by atoms with E-state index in [4.69, 9.17) is 8.47 Å². The van der Waals surface area contributed by atoms with Crippen LogP contribution in [0.25, 0.3) is 22.2 Å². The van der Waals surface area contributed by atoms with Crippen LogP contribution in [0.4, 0.5) is 0 Å². The molecule has 3 aromatic rings. The smallest absolute Gasteiger partial charge is 0.508 e. The number of fused-ring (bicyclic) bond motifs is 5. The van der Waals surface area contributed by atoms with Gasteiger partial charge in [-0.25, -0.2) is 0 Å². The van der Waals surface area contributed by atoms with Crippen molar-refractivity contribution in [3.63, 3.8) is 0 Å². The molecule has 1 aromatic heterocycles. The second-order valence-corrected chi connectivity index (χ2v) is 5.73. The zero-order valence-electron chi connectivity index (χ0n) is 10.6. The van der Waals surface area contributed by atoms with Gasteiger partial charge in [-0.15, -0.1) is 8.42 Å². The maximum atomic E-state index is 11.7. The standard InChI is InChI=1S/C14H9NO5S/c16-10-7-5-9(6-8-10)13-14-11-3-1-2-4-12(11)15(13)20-21(17,18)19-14/h1-8,16H. The van der Waals surface area contributed by atoms with E-state index in [0.717, 1.165) is 0 Å². The molecular formula is C14H9NO5S. The number of nitrogens with zero attached hydrogens (tertiary/aromatic N) is 1. The number of aromatic nitrogens is 1. The van der Waals surface area contributed by atoms with Crippen molar-refractivity contribution in [2.45, 2.75) is 0 Å². The fraction of sp³-hybridized carbons (Fsp3) is 0. The number of hydrogen-bond acceptors (Lipinski definition) is 5. The van der Waals surface area contributed by atoms with Crippen LogP contribution in [0.5, 0.6) is 11.5 Å². The fourth-order valence-electron chi connectivity index (χ4n) is 2.42. The molecule has 1 aliphatic rings. The van der Waals surface area contributed by atoms with Gasteiger partial charge in [-0.05, 0) is 36.4 Å². The highest BCUT2D eigenvalue weighted by Gasteiger charge is 2.33. The molecule has 2 aromatic carbocycles. The summed E-state index contributed by atoms with van der Waals surface area (Å²) in [7, 11) is -4.12. The lowest BCUT2D eigenvalue weighted by atomic mass is 10.1. The third-order valence-electron chi connectivity index (χ3n) is 3.28. The predicted octanol–water partition coefficient (Wildman–Crippen LogP) is 2.08. The Kier molecular flexibility index (Phi) is 2.26. The molecule has 7 heteroatoms. The highest BCUT2D eigenvalue weighted by Crippen LogP contribution is 2.42. The third-order valence-corrected chi connectivity index (χ3v) is 3.98. The summed E-state index contributed by atoms with van der Waals surface area (Å²) in [5.41, 5.74) is 1.76. The Morgan fingerprint density at radius 3 is 2.48 bits per heavy atom. The molecule has 21 heavy (non-hydrogen) atoms. The molecule has 1 N–H and O–H groups in total. The maximum Gasteiger partial charge on any atom is 0.520 e. The van der Waals surface area contributed by atoms with Crippen LogP contribution in [-0.2, 0) is 10.4 Å². The quantitative estimate of drug-likeness (QED) is 0.744. The predicted molar refractivity (Wildman–Crippen MR) is 75.2 cm³/mol. The van der Waals surface area contributed by atoms with Crippen molar-refractivity contribution in [1.82, 2.24) is 4.73 Å². The Labute approximate surface area is 120 Å². The van der Waals surface area contributed by atoms with Gasteiger partial charge in [0.15, 0.2) is 5.75 Å². The van der Waals surface area contributed by atoms with E-state index in [2.05, 4.69) is 0 Å². The van der Waals surface area contributed by atoms with Crippen molar-refractivity contribution in [3.05, 3.63) is 48.5 Å². The van der Waals surface area contributed by atoms with E-state index in [1.54, 1.807) is 36.4 Å². The topological polar surface area (TPSA) is 77.8 Å². The number of hydrogen-bond donors (Lipinski definition) is 1. The summed E-state index contributed by atoms with van der Waals surface area (Å²) < 4.78 is 34.5. The van der Waals surface area contributed by atoms with E-state index >= 15 is 0 Å². The molecule has 2 heterocycles. The van der Waals surface area contributed by atoms with Gasteiger partial charge in [-0.1, -0.05) is 12.1 Å². The Hall–Kier alpha value is -2.67. The molecule has 0 spiro atoms. The van der Waals surface area contributed by atoms with Crippen molar-refractivity contribution >= 4 is 21.3 Å². The minimum absolute atomic E-state index is 0.120. The van der Waals surface area contributed by atoms with Gasteiger partial charge in [0.2, 0.25) is 0 Å². The van der Waals surface area contributed by atoms with Crippen LogP contribution in [0.1, 0.15) is 0 Å². The molecule has 2 bridgehead atoms. The zero-order chi connectivity index (χ0) is 14.6. The molecule has 106 valence electrons. The van der Waals surface area contributed by atoms with Gasteiger partial charge < -0.3 is 9.29 Å². The van der Waals surface area contributed by atoms with Crippen LogP contribution in [0.3, 0.4) is 0 Å². The van der Waals surface area contributed by atoms with Crippen LogP contribution in [0.15, 0.2) is 48.5 Å². The van der Waals surface area contributed by atoms with Gasteiger partial charge in [0.1, 0.15) is 11.4 Å². The Morgan fingerprint density at radius 1 is 1.00 bits per heavy atom. The van der Waals surface area contributed by atoms with Gasteiger partial charge in [0.25, 0.3) is 0 Å². The minimum Gasteiger partial charge on any atom is -0.508 e. The van der Waals surface area contributed by atoms with Crippen LogP contribution >= 0.6 is 0 Å². The summed E-state index contributed by atoms with van der Waals surface area (Å²) in [6, 6.07) is 13.4. The van der Waals surface area contributed by atoms with Gasteiger partial charge in [-0.3, -0.25) is 4.28 Å². The first kappa shape index (κ1) is 12.1. The van der Waals surface area contributed by atoms with Crippen molar-refractivity contribution < 1.29 is 22.0 Å². The van der Waals surface area contributed by atoms with Crippen LogP contribution < -0.4 is 8.47 Å². The normalized spacial score (nSPS) is 15.4. The Morgan fingerprint density at radius 2 is 1.71 bits per heavy atom. The SMILES string of the molecule is O=S1(=O)Oc2c(-c3ccc(O)cc3)n(c3ccccc23)O1. The first-order valence-electron chi connectivity index (χ1n) is 6.12. The van der Waals surface area contributed by atoms with Crippen molar-refractivity contribution in [1.29, 1.82) is 0 Å². The molecule has 0 radical (unpaired) electrons. The van der Waals surface area contributed by atoms with E-state index in [-0.39, 0.29) is 11.5 Å². The number of phenolic OH excluding ortho intramolecular Hbond substituents is 1. The average molecular weight is 303 g/mol. The highest BCUT2D eigenvalue weighted by atomic mass is 32.3. The largest absolute Gasteiger partial charge is 0.520 e. The summed E-state index contributed by atoms with van der Waals surface area (Å²) in [5, 5.41) is 10.0. The molecule has 1 aliphatic heterocycles. The molecule has 4 rings (SSSR count). The van der Waals surface area contributed by atoms with Crippen molar-refractivity contribution in [3.8, 4) is 22.8 Å². The lowest BCUT2D eigenvalue weighted by Crippen LogP contribution is -2.28. The number of phenols is 1. The molecule has 0 unspecified atom stereocenters. The Bertz CT molecular complexity index is 908. The first-order valence-corrected chi connectivity index (χ1v) is 7.46. The van der Waals surface area contributed by atoms with E-state index < -0.39 is 10.4 Å². The summed E-state index contributed by atoms with van der Waals surface area (Å²) in [6.45, 7) is 0. The van der Waals surface area contributed by atoms with E-state index in [0.29, 0.717) is 22.2 Å². The summed E-state index contributed by atoms with van der Waals surface area (Å²) >= 11 is 0. The summed E-state index contributed by atoms with van der Waals surface area (Å²) in [5.74, 6) is 0.344.